The number of rotatable bonds is 7. The molecule has 2 fully saturated rings. The van der Waals surface area contributed by atoms with E-state index in [1.807, 2.05) is 24.3 Å². The second-order valence-electron chi connectivity index (χ2n) is 7.91. The average Bonchev–Trinajstić information content (AvgIpc) is 3.25. The smallest absolute Gasteiger partial charge is 0.311 e. The Morgan fingerprint density at radius 2 is 1.85 bits per heavy atom. The summed E-state index contributed by atoms with van der Waals surface area (Å²) in [5, 5.41) is 2.72. The number of nitrogens with one attached hydrogen (secondary N) is 1. The normalized spacial score (nSPS) is 18.2. The first kappa shape index (κ1) is 22.6. The Morgan fingerprint density at radius 1 is 1.09 bits per heavy atom. The standard InChI is InChI=1S/C24H27N3O6/c1-31-21-4-2-3-20(14-21)27-15-17(13-23(27)29)24(30)33-16-22(28)25-18-5-7-19(8-6-18)26-9-11-32-12-10-26/h2-8,14,17H,9-13,15-16H2,1H3,(H,25,28)/t17-/m0/s1. The largest absolute Gasteiger partial charge is 0.497 e. The topological polar surface area (TPSA) is 97.4 Å². The van der Waals surface area contributed by atoms with Crippen molar-refractivity contribution in [2.75, 3.05) is 61.7 Å². The minimum atomic E-state index is -0.621. The summed E-state index contributed by atoms with van der Waals surface area (Å²) in [5.41, 5.74) is 2.34. The molecule has 4 rings (SSSR count). The van der Waals surface area contributed by atoms with E-state index in [0.717, 1.165) is 18.8 Å². The highest BCUT2D eigenvalue weighted by Crippen LogP contribution is 2.28. The molecular weight excluding hydrogens is 426 g/mol. The first-order valence-corrected chi connectivity index (χ1v) is 10.9. The van der Waals surface area contributed by atoms with Gasteiger partial charge in [0.15, 0.2) is 6.61 Å². The molecule has 2 heterocycles. The second-order valence-corrected chi connectivity index (χ2v) is 7.91. The highest BCUT2D eigenvalue weighted by atomic mass is 16.5. The van der Waals surface area contributed by atoms with E-state index in [1.165, 1.54) is 4.90 Å². The van der Waals surface area contributed by atoms with Gasteiger partial charge in [0.25, 0.3) is 5.91 Å². The summed E-state index contributed by atoms with van der Waals surface area (Å²) < 4.78 is 15.7. The zero-order valence-corrected chi connectivity index (χ0v) is 18.5. The van der Waals surface area contributed by atoms with Gasteiger partial charge in [-0.15, -0.1) is 0 Å². The molecule has 0 saturated carbocycles. The van der Waals surface area contributed by atoms with Crippen molar-refractivity contribution in [2.45, 2.75) is 6.42 Å². The summed E-state index contributed by atoms with van der Waals surface area (Å²) in [6, 6.07) is 14.6. The van der Waals surface area contributed by atoms with E-state index in [9.17, 15) is 14.4 Å². The third-order valence-corrected chi connectivity index (χ3v) is 5.70. The van der Waals surface area contributed by atoms with Crippen LogP contribution in [0.4, 0.5) is 17.1 Å². The van der Waals surface area contributed by atoms with Crippen LogP contribution >= 0.6 is 0 Å². The van der Waals surface area contributed by atoms with Crippen molar-refractivity contribution in [3.05, 3.63) is 48.5 Å². The van der Waals surface area contributed by atoms with E-state index in [1.54, 1.807) is 31.4 Å². The third-order valence-electron chi connectivity index (χ3n) is 5.70. The van der Waals surface area contributed by atoms with Gasteiger partial charge in [-0.2, -0.15) is 0 Å². The van der Waals surface area contributed by atoms with Gasteiger partial charge < -0.3 is 29.3 Å². The highest BCUT2D eigenvalue weighted by Gasteiger charge is 2.36. The second kappa shape index (κ2) is 10.4. The summed E-state index contributed by atoms with van der Waals surface area (Å²) in [7, 11) is 1.55. The number of carbonyl (C=O) groups excluding carboxylic acids is 3. The molecule has 1 N–H and O–H groups in total. The van der Waals surface area contributed by atoms with Crippen LogP contribution in [0.25, 0.3) is 0 Å². The lowest BCUT2D eigenvalue weighted by molar-refractivity contribution is -0.151. The maximum Gasteiger partial charge on any atom is 0.311 e. The third kappa shape index (κ3) is 5.61. The van der Waals surface area contributed by atoms with Gasteiger partial charge >= 0.3 is 5.97 Å². The molecule has 9 nitrogen and oxygen atoms in total. The van der Waals surface area contributed by atoms with Gasteiger partial charge in [-0.05, 0) is 36.4 Å². The fraction of sp³-hybridized carbons (Fsp3) is 0.375. The molecule has 0 bridgehead atoms. The van der Waals surface area contributed by atoms with Gasteiger partial charge in [0.2, 0.25) is 5.91 Å². The molecule has 0 unspecified atom stereocenters. The quantitative estimate of drug-likeness (QED) is 0.641. The van der Waals surface area contributed by atoms with Crippen LogP contribution in [0.3, 0.4) is 0 Å². The highest BCUT2D eigenvalue weighted by molar-refractivity contribution is 6.00. The number of esters is 1. The molecular formula is C24H27N3O6. The fourth-order valence-electron chi connectivity index (χ4n) is 3.92. The maximum absolute atomic E-state index is 12.4. The molecule has 2 saturated heterocycles. The molecule has 33 heavy (non-hydrogen) atoms. The molecule has 0 radical (unpaired) electrons. The van der Waals surface area contributed by atoms with Gasteiger partial charge in [-0.3, -0.25) is 14.4 Å². The Hall–Kier alpha value is -3.59. The van der Waals surface area contributed by atoms with Gasteiger partial charge in [0, 0.05) is 49.2 Å². The number of ether oxygens (including phenoxy) is 3. The minimum Gasteiger partial charge on any atom is -0.497 e. The number of nitrogens with zero attached hydrogens (tertiary/aromatic N) is 2. The number of methoxy groups -OCH3 is 1. The van der Waals surface area contributed by atoms with Crippen molar-refractivity contribution in [2.24, 2.45) is 5.92 Å². The Kier molecular flexibility index (Phi) is 7.09. The van der Waals surface area contributed by atoms with E-state index in [2.05, 4.69) is 10.2 Å². The number of anilines is 3. The van der Waals surface area contributed by atoms with Crippen LogP contribution < -0.4 is 19.9 Å². The van der Waals surface area contributed by atoms with Crippen LogP contribution in [0.15, 0.2) is 48.5 Å². The maximum atomic E-state index is 12.4. The van der Waals surface area contributed by atoms with Crippen molar-refractivity contribution < 1.29 is 28.6 Å². The zero-order valence-electron chi connectivity index (χ0n) is 18.5. The lowest BCUT2D eigenvalue weighted by Crippen LogP contribution is -2.36. The molecule has 2 aromatic carbocycles. The van der Waals surface area contributed by atoms with Crippen LogP contribution in [-0.4, -0.2) is 64.3 Å². The molecule has 0 aromatic heterocycles. The van der Waals surface area contributed by atoms with Gasteiger partial charge in [-0.25, -0.2) is 0 Å². The number of hydrogen-bond acceptors (Lipinski definition) is 7. The van der Waals surface area contributed by atoms with E-state index in [0.29, 0.717) is 30.3 Å². The molecule has 0 spiro atoms. The number of carbonyl (C=O) groups is 3. The van der Waals surface area contributed by atoms with E-state index in [4.69, 9.17) is 14.2 Å². The first-order valence-electron chi connectivity index (χ1n) is 10.9. The molecule has 2 amide bonds. The number of hydrogen-bond donors (Lipinski definition) is 1. The van der Waals surface area contributed by atoms with Crippen molar-refractivity contribution in [1.29, 1.82) is 0 Å². The van der Waals surface area contributed by atoms with Crippen molar-refractivity contribution in [1.82, 2.24) is 0 Å². The predicted molar refractivity (Wildman–Crippen MR) is 123 cm³/mol. The minimum absolute atomic E-state index is 0.0423. The molecule has 0 aliphatic carbocycles. The Bertz CT molecular complexity index is 1000. The number of morpholine rings is 1. The number of amides is 2. The van der Waals surface area contributed by atoms with Gasteiger partial charge in [0.1, 0.15) is 5.75 Å². The Morgan fingerprint density at radius 3 is 2.58 bits per heavy atom. The molecule has 174 valence electrons. The summed E-state index contributed by atoms with van der Waals surface area (Å²) in [6.45, 7) is 2.87. The van der Waals surface area contributed by atoms with E-state index < -0.39 is 24.4 Å². The average molecular weight is 453 g/mol. The number of benzene rings is 2. The van der Waals surface area contributed by atoms with Crippen LogP contribution in [-0.2, 0) is 23.9 Å². The fourth-order valence-corrected chi connectivity index (χ4v) is 3.92. The van der Waals surface area contributed by atoms with Crippen LogP contribution in [0, 0.1) is 5.92 Å². The van der Waals surface area contributed by atoms with Gasteiger partial charge in [-0.1, -0.05) is 6.07 Å². The van der Waals surface area contributed by atoms with Crippen LogP contribution in [0.2, 0.25) is 0 Å². The summed E-state index contributed by atoms with van der Waals surface area (Å²) >= 11 is 0. The Balaban J connectivity index is 1.25. The van der Waals surface area contributed by atoms with E-state index in [-0.39, 0.29) is 18.9 Å². The lowest BCUT2D eigenvalue weighted by Gasteiger charge is -2.28. The summed E-state index contributed by atoms with van der Waals surface area (Å²) in [6.07, 6.45) is 0.0423. The lowest BCUT2D eigenvalue weighted by atomic mass is 10.1. The van der Waals surface area contributed by atoms with Crippen LogP contribution in [0.1, 0.15) is 6.42 Å². The van der Waals surface area contributed by atoms with Crippen molar-refractivity contribution in [3.63, 3.8) is 0 Å². The first-order chi connectivity index (χ1) is 16.0. The van der Waals surface area contributed by atoms with Crippen molar-refractivity contribution in [3.8, 4) is 5.75 Å². The van der Waals surface area contributed by atoms with E-state index >= 15 is 0 Å². The van der Waals surface area contributed by atoms with Gasteiger partial charge in [0.05, 0.1) is 26.2 Å². The molecule has 2 aromatic rings. The summed E-state index contributed by atoms with van der Waals surface area (Å²) in [5.74, 6) is -1.16. The van der Waals surface area contributed by atoms with Crippen LogP contribution in [0.5, 0.6) is 5.75 Å². The molecule has 9 heteroatoms. The zero-order chi connectivity index (χ0) is 23.2. The molecule has 2 aliphatic rings. The Labute approximate surface area is 192 Å². The SMILES string of the molecule is COc1cccc(N2C[C@@H](C(=O)OCC(=O)Nc3ccc(N4CCOCC4)cc3)CC2=O)c1. The predicted octanol–water partition coefficient (Wildman–Crippen LogP) is 2.07. The summed E-state index contributed by atoms with van der Waals surface area (Å²) in [4.78, 5) is 40.8. The monoisotopic (exact) mass is 453 g/mol. The molecule has 2 aliphatic heterocycles. The van der Waals surface area contributed by atoms with Crippen molar-refractivity contribution >= 4 is 34.8 Å². The molecule has 1 atom stereocenters.